The van der Waals surface area contributed by atoms with Crippen LogP contribution in [0.4, 0.5) is 22.7 Å². The number of nitrogens with zero attached hydrogens (tertiary/aromatic N) is 2. The van der Waals surface area contributed by atoms with Crippen molar-refractivity contribution in [1.29, 1.82) is 0 Å². The summed E-state index contributed by atoms with van der Waals surface area (Å²) in [7, 11) is 0. The molecule has 0 saturated heterocycles. The van der Waals surface area contributed by atoms with Gasteiger partial charge >= 0.3 is 0 Å². The second kappa shape index (κ2) is 5.61. The zero-order valence-electron chi connectivity index (χ0n) is 11.5. The average Bonchev–Trinajstić information content (AvgIpc) is 2.41. The number of nitrogens with two attached hydrogens (primary N) is 1. The highest BCUT2D eigenvalue weighted by molar-refractivity contribution is 5.70. The van der Waals surface area contributed by atoms with Crippen molar-refractivity contribution in [3.63, 3.8) is 0 Å². The Morgan fingerprint density at radius 3 is 2.35 bits per heavy atom. The fourth-order valence-corrected chi connectivity index (χ4v) is 2.12. The summed E-state index contributed by atoms with van der Waals surface area (Å²) in [5, 5.41) is 10.9. The Balaban J connectivity index is 2.46. The minimum atomic E-state index is -0.428. The van der Waals surface area contributed by atoms with Crippen LogP contribution in [0.2, 0.25) is 0 Å². The second-order valence-corrected chi connectivity index (χ2v) is 4.62. The minimum Gasteiger partial charge on any atom is -0.398 e. The van der Waals surface area contributed by atoms with Gasteiger partial charge < -0.3 is 10.6 Å². The Morgan fingerprint density at radius 2 is 1.80 bits per heavy atom. The summed E-state index contributed by atoms with van der Waals surface area (Å²) >= 11 is 0. The molecule has 0 aliphatic rings. The van der Waals surface area contributed by atoms with Crippen LogP contribution in [0.3, 0.4) is 0 Å². The summed E-state index contributed by atoms with van der Waals surface area (Å²) in [4.78, 5) is 12.5. The van der Waals surface area contributed by atoms with Gasteiger partial charge in [-0.3, -0.25) is 10.1 Å². The Labute approximate surface area is 117 Å². The van der Waals surface area contributed by atoms with Crippen LogP contribution in [0, 0.1) is 17.0 Å². The Morgan fingerprint density at radius 1 is 1.15 bits per heavy atom. The number of nitro groups is 1. The van der Waals surface area contributed by atoms with Gasteiger partial charge in [0.25, 0.3) is 5.69 Å². The van der Waals surface area contributed by atoms with Crippen LogP contribution in [0.5, 0.6) is 0 Å². The molecule has 104 valence electrons. The molecule has 0 fully saturated rings. The van der Waals surface area contributed by atoms with Crippen molar-refractivity contribution < 1.29 is 4.92 Å². The molecule has 20 heavy (non-hydrogen) atoms. The number of rotatable bonds is 4. The monoisotopic (exact) mass is 271 g/mol. The Kier molecular flexibility index (Phi) is 3.89. The van der Waals surface area contributed by atoms with Gasteiger partial charge in [0.15, 0.2) is 0 Å². The topological polar surface area (TPSA) is 72.4 Å². The average molecular weight is 271 g/mol. The van der Waals surface area contributed by atoms with Gasteiger partial charge in [-0.25, -0.2) is 0 Å². The highest BCUT2D eigenvalue weighted by Crippen LogP contribution is 2.30. The highest BCUT2D eigenvalue weighted by Gasteiger charge is 2.13. The number of aryl methyl sites for hydroxylation is 1. The lowest BCUT2D eigenvalue weighted by Crippen LogP contribution is -2.16. The lowest BCUT2D eigenvalue weighted by Gasteiger charge is -2.23. The molecule has 5 heteroatoms. The van der Waals surface area contributed by atoms with Gasteiger partial charge in [-0.2, -0.15) is 0 Å². The van der Waals surface area contributed by atoms with Gasteiger partial charge in [-0.05, 0) is 32.0 Å². The maximum atomic E-state index is 10.9. The third-order valence-electron chi connectivity index (χ3n) is 3.11. The number of nitro benzene ring substituents is 1. The van der Waals surface area contributed by atoms with E-state index in [4.69, 9.17) is 5.73 Å². The number of non-ortho nitro benzene ring substituents is 1. The van der Waals surface area contributed by atoms with E-state index < -0.39 is 4.92 Å². The van der Waals surface area contributed by atoms with Gasteiger partial charge in [-0.15, -0.1) is 0 Å². The summed E-state index contributed by atoms with van der Waals surface area (Å²) in [5.74, 6) is 0. The molecule has 0 unspecified atom stereocenters. The predicted octanol–water partition coefficient (Wildman–Crippen LogP) is 3.64. The van der Waals surface area contributed by atoms with Crippen LogP contribution in [0.15, 0.2) is 42.5 Å². The number of nitrogen functional groups attached to an aromatic ring is 1. The molecule has 0 aliphatic carbocycles. The second-order valence-electron chi connectivity index (χ2n) is 4.62. The van der Waals surface area contributed by atoms with E-state index in [9.17, 15) is 10.1 Å². The summed E-state index contributed by atoms with van der Waals surface area (Å²) in [5.41, 5.74) is 9.03. The molecular weight excluding hydrogens is 254 g/mol. The molecule has 0 amide bonds. The molecule has 2 rings (SSSR count). The Hall–Kier alpha value is -2.56. The zero-order chi connectivity index (χ0) is 14.7. The molecule has 2 aromatic rings. The fraction of sp³-hybridized carbons (Fsp3) is 0.200. The third-order valence-corrected chi connectivity index (χ3v) is 3.11. The normalized spacial score (nSPS) is 10.3. The molecule has 0 aliphatic heterocycles. The molecule has 0 atom stereocenters. The van der Waals surface area contributed by atoms with E-state index in [0.29, 0.717) is 12.2 Å². The molecule has 0 aromatic heterocycles. The van der Waals surface area contributed by atoms with Crippen LogP contribution in [0.25, 0.3) is 0 Å². The van der Waals surface area contributed by atoms with Gasteiger partial charge in [-0.1, -0.05) is 17.7 Å². The lowest BCUT2D eigenvalue weighted by atomic mass is 10.1. The van der Waals surface area contributed by atoms with Crippen LogP contribution >= 0.6 is 0 Å². The van der Waals surface area contributed by atoms with E-state index in [2.05, 4.69) is 0 Å². The van der Waals surface area contributed by atoms with E-state index in [0.717, 1.165) is 11.4 Å². The van der Waals surface area contributed by atoms with Crippen molar-refractivity contribution >= 4 is 22.7 Å². The van der Waals surface area contributed by atoms with Gasteiger partial charge in [0.2, 0.25) is 0 Å². The van der Waals surface area contributed by atoms with Crippen molar-refractivity contribution in [3.05, 3.63) is 58.1 Å². The molecule has 2 aromatic carbocycles. The summed E-state index contributed by atoms with van der Waals surface area (Å²) < 4.78 is 0. The first kappa shape index (κ1) is 13.9. The van der Waals surface area contributed by atoms with Crippen LogP contribution < -0.4 is 10.6 Å². The van der Waals surface area contributed by atoms with Crippen molar-refractivity contribution in [3.8, 4) is 0 Å². The first-order chi connectivity index (χ1) is 9.51. The van der Waals surface area contributed by atoms with Gasteiger partial charge in [0.1, 0.15) is 0 Å². The van der Waals surface area contributed by atoms with Crippen LogP contribution in [-0.4, -0.2) is 11.5 Å². The van der Waals surface area contributed by atoms with E-state index in [1.807, 2.05) is 43.0 Å². The van der Waals surface area contributed by atoms with Crippen molar-refractivity contribution in [2.45, 2.75) is 13.8 Å². The molecule has 0 radical (unpaired) electrons. The molecule has 0 bridgehead atoms. The van der Waals surface area contributed by atoms with E-state index in [1.165, 1.54) is 11.6 Å². The summed E-state index contributed by atoms with van der Waals surface area (Å²) in [6, 6.07) is 12.7. The third kappa shape index (κ3) is 2.88. The first-order valence-electron chi connectivity index (χ1n) is 6.40. The first-order valence-corrected chi connectivity index (χ1v) is 6.40. The lowest BCUT2D eigenvalue weighted by molar-refractivity contribution is -0.384. The highest BCUT2D eigenvalue weighted by atomic mass is 16.6. The quantitative estimate of drug-likeness (QED) is 0.523. The number of hydrogen-bond acceptors (Lipinski definition) is 4. The zero-order valence-corrected chi connectivity index (χ0v) is 11.5. The molecule has 5 nitrogen and oxygen atoms in total. The van der Waals surface area contributed by atoms with Crippen molar-refractivity contribution in [2.24, 2.45) is 0 Å². The van der Waals surface area contributed by atoms with E-state index >= 15 is 0 Å². The molecule has 2 N–H and O–H groups in total. The molecule has 0 heterocycles. The summed E-state index contributed by atoms with van der Waals surface area (Å²) in [6.45, 7) is 4.71. The van der Waals surface area contributed by atoms with Crippen LogP contribution in [-0.2, 0) is 0 Å². The molecular formula is C15H17N3O2. The standard InChI is InChI=1S/C15H17N3O2/c1-3-17(13-6-4-11(2)5-7-13)14-8-12(16)9-15(10-14)18(19)20/h4-10H,3,16H2,1-2H3. The van der Waals surface area contributed by atoms with Gasteiger partial charge in [0, 0.05) is 35.7 Å². The van der Waals surface area contributed by atoms with E-state index in [-0.39, 0.29) is 5.69 Å². The largest absolute Gasteiger partial charge is 0.398 e. The minimum absolute atomic E-state index is 0.00515. The van der Waals surface area contributed by atoms with Crippen LogP contribution in [0.1, 0.15) is 12.5 Å². The predicted molar refractivity (Wildman–Crippen MR) is 81.4 cm³/mol. The Bertz CT molecular complexity index is 624. The van der Waals surface area contributed by atoms with E-state index in [1.54, 1.807) is 12.1 Å². The molecule has 0 spiro atoms. The van der Waals surface area contributed by atoms with Gasteiger partial charge in [0.05, 0.1) is 4.92 Å². The number of anilines is 3. The fourth-order valence-electron chi connectivity index (χ4n) is 2.12. The maximum absolute atomic E-state index is 10.9. The number of benzene rings is 2. The van der Waals surface area contributed by atoms with Crippen molar-refractivity contribution in [2.75, 3.05) is 17.2 Å². The number of hydrogen-bond donors (Lipinski definition) is 1. The summed E-state index contributed by atoms with van der Waals surface area (Å²) in [6.07, 6.45) is 0. The van der Waals surface area contributed by atoms with Crippen molar-refractivity contribution in [1.82, 2.24) is 0 Å². The maximum Gasteiger partial charge on any atom is 0.273 e. The smallest absolute Gasteiger partial charge is 0.273 e. The molecule has 0 saturated carbocycles. The SMILES string of the molecule is CCN(c1ccc(C)cc1)c1cc(N)cc([N+](=O)[O-])c1.